The van der Waals surface area contributed by atoms with Crippen molar-refractivity contribution in [1.29, 1.82) is 0 Å². The molecule has 0 spiro atoms. The Bertz CT molecular complexity index is 838. The van der Waals surface area contributed by atoms with E-state index in [1.54, 1.807) is 6.20 Å². The van der Waals surface area contributed by atoms with Crippen molar-refractivity contribution in [2.75, 3.05) is 18.4 Å². The standard InChI is InChI=1S/C20H23Cl2N3O2/c1-3-18(13-4-5-16(21)12(2)6-13)24-19-7-14(17(22)8-23-19)9-25-10-15(11-25)20(26)27/h4-8,15,18H,3,9-11H2,1-2H3,(H,23,24)(H,26,27)/t18-/m1/s1. The van der Waals surface area contributed by atoms with Gasteiger partial charge in [-0.25, -0.2) is 4.98 Å². The van der Waals surface area contributed by atoms with Crippen LogP contribution in [0.2, 0.25) is 10.0 Å². The van der Waals surface area contributed by atoms with Crippen molar-refractivity contribution in [2.45, 2.75) is 32.9 Å². The zero-order valence-corrected chi connectivity index (χ0v) is 16.9. The molecule has 1 aromatic heterocycles. The third kappa shape index (κ3) is 4.72. The van der Waals surface area contributed by atoms with Gasteiger partial charge in [-0.3, -0.25) is 9.69 Å². The van der Waals surface area contributed by atoms with Crippen LogP contribution in [0.1, 0.15) is 36.1 Å². The third-order valence-corrected chi connectivity index (χ3v) is 5.71. The van der Waals surface area contributed by atoms with Crippen LogP contribution in [0.3, 0.4) is 0 Å². The van der Waals surface area contributed by atoms with Crippen molar-refractivity contribution in [3.63, 3.8) is 0 Å². The molecule has 0 amide bonds. The van der Waals surface area contributed by atoms with Crippen molar-refractivity contribution >= 4 is 35.0 Å². The van der Waals surface area contributed by atoms with Gasteiger partial charge in [-0.05, 0) is 42.2 Å². The van der Waals surface area contributed by atoms with Crippen LogP contribution in [0.5, 0.6) is 0 Å². The number of nitrogens with one attached hydrogen (secondary N) is 1. The summed E-state index contributed by atoms with van der Waals surface area (Å²) in [6.45, 7) is 5.84. The molecule has 7 heteroatoms. The summed E-state index contributed by atoms with van der Waals surface area (Å²) in [4.78, 5) is 17.4. The molecule has 0 radical (unpaired) electrons. The maximum Gasteiger partial charge on any atom is 0.309 e. The molecule has 1 fully saturated rings. The molecule has 1 aliphatic rings. The number of hydrogen-bond donors (Lipinski definition) is 2. The monoisotopic (exact) mass is 407 g/mol. The van der Waals surface area contributed by atoms with E-state index in [1.807, 2.05) is 25.1 Å². The molecule has 2 aromatic rings. The SMILES string of the molecule is CC[C@@H](Nc1cc(CN2CC(C(=O)O)C2)c(Cl)cn1)c1ccc(Cl)c(C)c1. The summed E-state index contributed by atoms with van der Waals surface area (Å²) in [5.74, 6) is -0.261. The molecule has 0 aliphatic carbocycles. The first-order valence-electron chi connectivity index (χ1n) is 8.99. The molecule has 5 nitrogen and oxygen atoms in total. The van der Waals surface area contributed by atoms with E-state index in [9.17, 15) is 4.79 Å². The highest BCUT2D eigenvalue weighted by molar-refractivity contribution is 6.31. The molecule has 1 atom stereocenters. The van der Waals surface area contributed by atoms with Crippen LogP contribution in [0, 0.1) is 12.8 Å². The Balaban J connectivity index is 1.71. The van der Waals surface area contributed by atoms with Crippen LogP contribution < -0.4 is 5.32 Å². The van der Waals surface area contributed by atoms with Gasteiger partial charge in [0.25, 0.3) is 0 Å². The van der Waals surface area contributed by atoms with E-state index >= 15 is 0 Å². The van der Waals surface area contributed by atoms with Crippen LogP contribution in [-0.2, 0) is 11.3 Å². The molecular formula is C20H23Cl2N3O2. The summed E-state index contributed by atoms with van der Waals surface area (Å²) in [7, 11) is 0. The van der Waals surface area contributed by atoms with Gasteiger partial charge in [0, 0.05) is 30.9 Å². The number of halogens is 2. The van der Waals surface area contributed by atoms with Crippen LogP contribution in [0.15, 0.2) is 30.5 Å². The summed E-state index contributed by atoms with van der Waals surface area (Å²) in [5.41, 5.74) is 3.15. The maximum absolute atomic E-state index is 11.0. The maximum atomic E-state index is 11.0. The summed E-state index contributed by atoms with van der Waals surface area (Å²) in [5, 5.41) is 13.8. The Morgan fingerprint density at radius 1 is 1.33 bits per heavy atom. The van der Waals surface area contributed by atoms with Gasteiger partial charge < -0.3 is 10.4 Å². The van der Waals surface area contributed by atoms with Gasteiger partial charge in [-0.1, -0.05) is 42.3 Å². The molecular weight excluding hydrogens is 385 g/mol. The summed E-state index contributed by atoms with van der Waals surface area (Å²) in [6, 6.07) is 8.09. The van der Waals surface area contributed by atoms with Crippen LogP contribution >= 0.6 is 23.2 Å². The summed E-state index contributed by atoms with van der Waals surface area (Å²) < 4.78 is 0. The first kappa shape index (κ1) is 19.9. The Morgan fingerprint density at radius 2 is 2.07 bits per heavy atom. The lowest BCUT2D eigenvalue weighted by Crippen LogP contribution is -2.49. The van der Waals surface area contributed by atoms with Crippen molar-refractivity contribution in [3.05, 3.63) is 57.2 Å². The number of pyridine rings is 1. The molecule has 0 unspecified atom stereocenters. The topological polar surface area (TPSA) is 65.5 Å². The number of benzene rings is 1. The zero-order chi connectivity index (χ0) is 19.6. The second-order valence-electron chi connectivity index (χ2n) is 7.00. The quantitative estimate of drug-likeness (QED) is 0.691. The minimum absolute atomic E-state index is 0.114. The minimum Gasteiger partial charge on any atom is -0.481 e. The minimum atomic E-state index is -0.738. The van der Waals surface area contributed by atoms with Crippen molar-refractivity contribution < 1.29 is 9.90 Å². The lowest BCUT2D eigenvalue weighted by atomic mass is 9.99. The van der Waals surface area contributed by atoms with E-state index in [1.165, 1.54) is 0 Å². The molecule has 3 rings (SSSR count). The lowest BCUT2D eigenvalue weighted by molar-refractivity contribution is -0.147. The number of likely N-dealkylation sites (tertiary alicyclic amines) is 1. The number of aliphatic carboxylic acids is 1. The van der Waals surface area contributed by atoms with Crippen molar-refractivity contribution in [1.82, 2.24) is 9.88 Å². The molecule has 2 N–H and O–H groups in total. The molecule has 1 aliphatic heterocycles. The van der Waals surface area contributed by atoms with Crippen LogP contribution in [0.25, 0.3) is 0 Å². The second-order valence-corrected chi connectivity index (χ2v) is 7.82. The largest absolute Gasteiger partial charge is 0.481 e. The van der Waals surface area contributed by atoms with Gasteiger partial charge in [-0.2, -0.15) is 0 Å². The van der Waals surface area contributed by atoms with Crippen LogP contribution in [-0.4, -0.2) is 34.0 Å². The predicted molar refractivity (Wildman–Crippen MR) is 108 cm³/mol. The number of aryl methyl sites for hydroxylation is 1. The third-order valence-electron chi connectivity index (χ3n) is 4.95. The highest BCUT2D eigenvalue weighted by Crippen LogP contribution is 2.28. The zero-order valence-electron chi connectivity index (χ0n) is 15.4. The molecule has 0 saturated carbocycles. The van der Waals surface area contributed by atoms with Gasteiger partial charge in [0.2, 0.25) is 0 Å². The van der Waals surface area contributed by atoms with Gasteiger partial charge >= 0.3 is 5.97 Å². The fourth-order valence-electron chi connectivity index (χ4n) is 3.26. The van der Waals surface area contributed by atoms with Gasteiger partial charge in [0.05, 0.1) is 17.0 Å². The smallest absolute Gasteiger partial charge is 0.309 e. The Kier molecular flexibility index (Phi) is 6.25. The molecule has 27 heavy (non-hydrogen) atoms. The Hall–Kier alpha value is -1.82. The highest BCUT2D eigenvalue weighted by atomic mass is 35.5. The molecule has 1 aromatic carbocycles. The molecule has 2 heterocycles. The van der Waals surface area contributed by atoms with E-state index in [4.69, 9.17) is 28.3 Å². The van der Waals surface area contributed by atoms with E-state index in [2.05, 4.69) is 28.2 Å². The van der Waals surface area contributed by atoms with E-state index in [0.717, 1.165) is 34.0 Å². The number of hydrogen-bond acceptors (Lipinski definition) is 4. The summed E-state index contributed by atoms with van der Waals surface area (Å²) >= 11 is 12.4. The highest BCUT2D eigenvalue weighted by Gasteiger charge is 2.32. The van der Waals surface area contributed by atoms with E-state index in [-0.39, 0.29) is 12.0 Å². The predicted octanol–water partition coefficient (Wildman–Crippen LogP) is 4.78. The van der Waals surface area contributed by atoms with E-state index in [0.29, 0.717) is 24.7 Å². The number of carboxylic acids is 1. The Morgan fingerprint density at radius 3 is 2.70 bits per heavy atom. The fourth-order valence-corrected chi connectivity index (χ4v) is 3.54. The van der Waals surface area contributed by atoms with E-state index < -0.39 is 5.97 Å². The second kappa shape index (κ2) is 8.46. The number of anilines is 1. The van der Waals surface area contributed by atoms with Gasteiger partial charge in [0.1, 0.15) is 5.82 Å². The first-order valence-corrected chi connectivity index (χ1v) is 9.75. The van der Waals surface area contributed by atoms with Crippen LogP contribution in [0.4, 0.5) is 5.82 Å². The van der Waals surface area contributed by atoms with Gasteiger partial charge in [-0.15, -0.1) is 0 Å². The molecule has 0 bridgehead atoms. The fraction of sp³-hybridized carbons (Fsp3) is 0.400. The Labute approximate surface area is 169 Å². The van der Waals surface area contributed by atoms with Crippen molar-refractivity contribution in [3.8, 4) is 0 Å². The number of rotatable bonds is 7. The average Bonchev–Trinajstić information content (AvgIpc) is 2.60. The van der Waals surface area contributed by atoms with Crippen molar-refractivity contribution in [2.24, 2.45) is 5.92 Å². The number of carboxylic acid groups (broad SMARTS) is 1. The number of aromatic nitrogens is 1. The molecule has 144 valence electrons. The lowest BCUT2D eigenvalue weighted by Gasteiger charge is -2.36. The number of carbonyl (C=O) groups is 1. The average molecular weight is 408 g/mol. The normalized spacial score (nSPS) is 16.0. The first-order chi connectivity index (χ1) is 12.9. The number of nitrogens with zero attached hydrogens (tertiary/aromatic N) is 2. The van der Waals surface area contributed by atoms with Gasteiger partial charge in [0.15, 0.2) is 0 Å². The summed E-state index contributed by atoms with van der Waals surface area (Å²) in [6.07, 6.45) is 2.54. The molecule has 1 saturated heterocycles.